The average Bonchev–Trinajstić information content (AvgIpc) is 2.79. The summed E-state index contributed by atoms with van der Waals surface area (Å²) < 4.78 is 28.0. The second kappa shape index (κ2) is 11.5. The van der Waals surface area contributed by atoms with Crippen molar-refractivity contribution in [3.8, 4) is 0 Å². The highest BCUT2D eigenvalue weighted by molar-refractivity contribution is 7.89. The van der Waals surface area contributed by atoms with Gasteiger partial charge in [0.25, 0.3) is 0 Å². The van der Waals surface area contributed by atoms with E-state index >= 15 is 0 Å². The Labute approximate surface area is 201 Å². The van der Waals surface area contributed by atoms with Crippen molar-refractivity contribution in [2.75, 3.05) is 6.54 Å². The van der Waals surface area contributed by atoms with Crippen molar-refractivity contribution in [2.45, 2.75) is 44.2 Å². The van der Waals surface area contributed by atoms with Gasteiger partial charge in [0, 0.05) is 17.6 Å². The zero-order valence-corrected chi connectivity index (χ0v) is 20.4. The van der Waals surface area contributed by atoms with E-state index in [9.17, 15) is 13.2 Å². The lowest BCUT2D eigenvalue weighted by molar-refractivity contribution is -0.122. The second-order valence-electron chi connectivity index (χ2n) is 8.15. The highest BCUT2D eigenvalue weighted by Gasteiger charge is 2.27. The molecule has 1 amide bonds. The first-order valence-corrected chi connectivity index (χ1v) is 12.7. The number of aryl methyl sites for hydroxylation is 2. The van der Waals surface area contributed by atoms with Crippen LogP contribution in [0.1, 0.15) is 30.0 Å². The maximum atomic E-state index is 13.4. The Hall–Kier alpha value is -2.67. The van der Waals surface area contributed by atoms with Gasteiger partial charge in [-0.1, -0.05) is 66.2 Å². The molecule has 7 heteroatoms. The molecule has 1 N–H and O–H groups in total. The van der Waals surface area contributed by atoms with Crippen LogP contribution in [0.2, 0.25) is 5.02 Å². The molecule has 0 aliphatic carbocycles. The number of nitrogens with zero attached hydrogens (tertiary/aromatic N) is 1. The van der Waals surface area contributed by atoms with Gasteiger partial charge in [0.2, 0.25) is 15.9 Å². The van der Waals surface area contributed by atoms with E-state index < -0.39 is 10.0 Å². The van der Waals surface area contributed by atoms with Crippen LogP contribution in [0.4, 0.5) is 0 Å². The molecule has 1 atom stereocenters. The summed E-state index contributed by atoms with van der Waals surface area (Å²) in [7, 11) is -3.91. The number of amides is 1. The van der Waals surface area contributed by atoms with E-state index in [4.69, 9.17) is 11.6 Å². The minimum absolute atomic E-state index is 0.0868. The third-order valence-corrected chi connectivity index (χ3v) is 7.55. The lowest BCUT2D eigenvalue weighted by atomic mass is 10.1. The summed E-state index contributed by atoms with van der Waals surface area (Å²) in [5, 5.41) is 3.40. The van der Waals surface area contributed by atoms with Crippen molar-refractivity contribution in [1.82, 2.24) is 9.62 Å². The van der Waals surface area contributed by atoms with Gasteiger partial charge in [0.1, 0.15) is 0 Å². The summed E-state index contributed by atoms with van der Waals surface area (Å²) in [4.78, 5) is 12.9. The summed E-state index contributed by atoms with van der Waals surface area (Å²) in [6.45, 7) is 3.69. The van der Waals surface area contributed by atoms with Crippen LogP contribution in [0.5, 0.6) is 0 Å². The first-order valence-electron chi connectivity index (χ1n) is 10.9. The fraction of sp³-hybridized carbons (Fsp3) is 0.269. The average molecular weight is 485 g/mol. The molecule has 5 nitrogen and oxygen atoms in total. The molecule has 0 unspecified atom stereocenters. The van der Waals surface area contributed by atoms with Gasteiger partial charge >= 0.3 is 0 Å². The molecule has 0 heterocycles. The van der Waals surface area contributed by atoms with Crippen molar-refractivity contribution < 1.29 is 13.2 Å². The number of nitrogens with one attached hydrogen (secondary N) is 1. The zero-order valence-electron chi connectivity index (χ0n) is 18.9. The molecule has 0 radical (unpaired) electrons. The predicted octanol–water partition coefficient (Wildman–Crippen LogP) is 4.98. The van der Waals surface area contributed by atoms with Gasteiger partial charge in [-0.15, -0.1) is 0 Å². The van der Waals surface area contributed by atoms with Gasteiger partial charge in [-0.2, -0.15) is 4.31 Å². The zero-order chi connectivity index (χ0) is 23.8. The Morgan fingerprint density at radius 1 is 0.970 bits per heavy atom. The van der Waals surface area contributed by atoms with E-state index in [1.54, 1.807) is 0 Å². The number of sulfonamides is 1. The van der Waals surface area contributed by atoms with Crippen LogP contribution in [0, 0.1) is 6.92 Å². The number of carbonyl (C=O) groups excluding carboxylic acids is 1. The molecule has 174 valence electrons. The summed E-state index contributed by atoms with van der Waals surface area (Å²) in [5.74, 6) is -0.332. The standard InChI is InChI=1S/C26H29ClN2O3S/c1-20-8-6-7-11-23(20)18-29(33(31,32)25-16-14-24(27)15-17-25)19-26(30)28-21(2)12-13-22-9-4-3-5-10-22/h3-11,14-17,21H,12-13,18-19H2,1-2H3,(H,28,30)/t21-/m1/s1. The first-order chi connectivity index (χ1) is 15.8. The Balaban J connectivity index is 1.73. The largest absolute Gasteiger partial charge is 0.352 e. The van der Waals surface area contributed by atoms with Gasteiger partial charge in [0.05, 0.1) is 11.4 Å². The Bertz CT molecular complexity index is 1170. The molecule has 0 aromatic heterocycles. The van der Waals surface area contributed by atoms with Crippen molar-refractivity contribution in [2.24, 2.45) is 0 Å². The lowest BCUT2D eigenvalue weighted by Crippen LogP contribution is -2.43. The maximum Gasteiger partial charge on any atom is 0.243 e. The minimum atomic E-state index is -3.91. The molecule has 3 rings (SSSR count). The van der Waals surface area contributed by atoms with E-state index in [1.807, 2.05) is 56.3 Å². The third-order valence-electron chi connectivity index (χ3n) is 5.50. The van der Waals surface area contributed by atoms with Crippen molar-refractivity contribution in [1.29, 1.82) is 0 Å². The number of hydrogen-bond acceptors (Lipinski definition) is 3. The monoisotopic (exact) mass is 484 g/mol. The molecular formula is C26H29ClN2O3S. The molecule has 0 fully saturated rings. The normalized spacial score (nSPS) is 12.5. The minimum Gasteiger partial charge on any atom is -0.352 e. The summed E-state index contributed by atoms with van der Waals surface area (Å²) in [6, 6.07) is 23.5. The topological polar surface area (TPSA) is 66.5 Å². The maximum absolute atomic E-state index is 13.4. The number of benzene rings is 3. The molecule has 0 saturated heterocycles. The van der Waals surface area contributed by atoms with E-state index in [-0.39, 0.29) is 29.9 Å². The van der Waals surface area contributed by atoms with Crippen LogP contribution >= 0.6 is 11.6 Å². The Morgan fingerprint density at radius 3 is 2.27 bits per heavy atom. The SMILES string of the molecule is Cc1ccccc1CN(CC(=O)N[C@H](C)CCc1ccccc1)S(=O)(=O)c1ccc(Cl)cc1. The number of halogens is 1. The fourth-order valence-electron chi connectivity index (χ4n) is 3.54. The van der Waals surface area contributed by atoms with Crippen LogP contribution in [0.15, 0.2) is 83.8 Å². The van der Waals surface area contributed by atoms with Crippen LogP contribution < -0.4 is 5.32 Å². The van der Waals surface area contributed by atoms with E-state index in [0.717, 1.165) is 24.0 Å². The van der Waals surface area contributed by atoms with E-state index in [0.29, 0.717) is 5.02 Å². The molecule has 3 aromatic carbocycles. The van der Waals surface area contributed by atoms with Gasteiger partial charge in [-0.05, 0) is 67.6 Å². The second-order valence-corrected chi connectivity index (χ2v) is 10.5. The van der Waals surface area contributed by atoms with E-state index in [2.05, 4.69) is 17.4 Å². The van der Waals surface area contributed by atoms with Gasteiger partial charge < -0.3 is 5.32 Å². The Morgan fingerprint density at radius 2 is 1.61 bits per heavy atom. The third kappa shape index (κ3) is 7.16. The number of carbonyl (C=O) groups is 1. The molecule has 0 bridgehead atoms. The van der Waals surface area contributed by atoms with Gasteiger partial charge in [-0.3, -0.25) is 4.79 Å². The smallest absolute Gasteiger partial charge is 0.243 e. The summed E-state index contributed by atoms with van der Waals surface area (Å²) in [5.41, 5.74) is 3.01. The van der Waals surface area contributed by atoms with Crippen LogP contribution in [0.25, 0.3) is 0 Å². The Kier molecular flexibility index (Phi) is 8.67. The van der Waals surface area contributed by atoms with Crippen molar-refractivity contribution >= 4 is 27.5 Å². The first kappa shape index (κ1) is 25.0. The lowest BCUT2D eigenvalue weighted by Gasteiger charge is -2.24. The molecule has 0 spiro atoms. The van der Waals surface area contributed by atoms with Crippen LogP contribution in [-0.4, -0.2) is 31.2 Å². The van der Waals surface area contributed by atoms with E-state index in [1.165, 1.54) is 34.1 Å². The number of rotatable bonds is 10. The molecule has 3 aromatic rings. The predicted molar refractivity (Wildman–Crippen MR) is 133 cm³/mol. The number of hydrogen-bond donors (Lipinski definition) is 1. The quantitative estimate of drug-likeness (QED) is 0.441. The van der Waals surface area contributed by atoms with Crippen LogP contribution in [0.3, 0.4) is 0 Å². The molecule has 0 aliphatic rings. The molecule has 0 aliphatic heterocycles. The van der Waals surface area contributed by atoms with Gasteiger partial charge in [0.15, 0.2) is 0 Å². The summed E-state index contributed by atoms with van der Waals surface area (Å²) in [6.07, 6.45) is 1.59. The molecule has 0 saturated carbocycles. The van der Waals surface area contributed by atoms with Gasteiger partial charge in [-0.25, -0.2) is 8.42 Å². The molecular weight excluding hydrogens is 456 g/mol. The highest BCUT2D eigenvalue weighted by atomic mass is 35.5. The fourth-order valence-corrected chi connectivity index (χ4v) is 5.04. The molecule has 33 heavy (non-hydrogen) atoms. The summed E-state index contributed by atoms with van der Waals surface area (Å²) >= 11 is 5.93. The van der Waals surface area contributed by atoms with Crippen molar-refractivity contribution in [3.05, 3.63) is 101 Å². The van der Waals surface area contributed by atoms with Crippen molar-refractivity contribution in [3.63, 3.8) is 0 Å². The highest BCUT2D eigenvalue weighted by Crippen LogP contribution is 2.21. The van der Waals surface area contributed by atoms with Crippen LogP contribution in [-0.2, 0) is 27.8 Å².